The largest absolute Gasteiger partial charge is 0.306 e. The third-order valence-electron chi connectivity index (χ3n) is 3.27. The Morgan fingerprint density at radius 3 is 3.17 bits per heavy atom. The van der Waals surface area contributed by atoms with Crippen molar-refractivity contribution >= 4 is 5.71 Å². The standard InChI is InChI=1S/C9H17N3/c1-7-8-6-12(3)5-4-9(8,2)11-10-7/h8,11H,4-6H2,1-3H3. The molecule has 0 radical (unpaired) electrons. The molecule has 68 valence electrons. The average Bonchev–Trinajstić information content (AvgIpc) is 2.31. The molecule has 0 spiro atoms. The number of nitrogens with one attached hydrogen (secondary N) is 1. The lowest BCUT2D eigenvalue weighted by atomic mass is 9.79. The van der Waals surface area contributed by atoms with Crippen molar-refractivity contribution < 1.29 is 0 Å². The summed E-state index contributed by atoms with van der Waals surface area (Å²) in [5.41, 5.74) is 4.78. The van der Waals surface area contributed by atoms with E-state index in [2.05, 4.69) is 36.3 Å². The van der Waals surface area contributed by atoms with Gasteiger partial charge in [-0.25, -0.2) is 0 Å². The fourth-order valence-electron chi connectivity index (χ4n) is 2.22. The van der Waals surface area contributed by atoms with Crippen molar-refractivity contribution in [3.05, 3.63) is 0 Å². The Morgan fingerprint density at radius 1 is 1.67 bits per heavy atom. The molecule has 2 heterocycles. The Hall–Kier alpha value is -0.570. The monoisotopic (exact) mass is 167 g/mol. The van der Waals surface area contributed by atoms with E-state index in [1.165, 1.54) is 18.7 Å². The van der Waals surface area contributed by atoms with Crippen molar-refractivity contribution in [1.29, 1.82) is 0 Å². The zero-order valence-corrected chi connectivity index (χ0v) is 8.09. The maximum absolute atomic E-state index is 4.33. The van der Waals surface area contributed by atoms with Crippen LogP contribution in [0.2, 0.25) is 0 Å². The first-order chi connectivity index (χ1) is 5.62. The first-order valence-corrected chi connectivity index (χ1v) is 4.62. The summed E-state index contributed by atoms with van der Waals surface area (Å²) in [6.45, 7) is 6.74. The number of rotatable bonds is 0. The summed E-state index contributed by atoms with van der Waals surface area (Å²) in [5, 5.41) is 4.33. The average molecular weight is 167 g/mol. The molecule has 0 saturated carbocycles. The number of piperidine rings is 1. The van der Waals surface area contributed by atoms with E-state index in [9.17, 15) is 0 Å². The molecule has 0 aromatic carbocycles. The van der Waals surface area contributed by atoms with Gasteiger partial charge < -0.3 is 10.3 Å². The summed E-state index contributed by atoms with van der Waals surface area (Å²) in [5.74, 6) is 0.622. The number of hydrogen-bond acceptors (Lipinski definition) is 3. The molecule has 0 bridgehead atoms. The van der Waals surface area contributed by atoms with E-state index in [1.807, 2.05) is 0 Å². The lowest BCUT2D eigenvalue weighted by Crippen LogP contribution is -2.53. The van der Waals surface area contributed by atoms with E-state index >= 15 is 0 Å². The molecule has 3 heteroatoms. The van der Waals surface area contributed by atoms with Crippen molar-refractivity contribution in [2.75, 3.05) is 20.1 Å². The van der Waals surface area contributed by atoms with E-state index in [4.69, 9.17) is 0 Å². The van der Waals surface area contributed by atoms with Crippen LogP contribution >= 0.6 is 0 Å². The van der Waals surface area contributed by atoms with Crippen LogP contribution in [0.5, 0.6) is 0 Å². The molecule has 2 unspecified atom stereocenters. The number of hydrogen-bond donors (Lipinski definition) is 1. The van der Waals surface area contributed by atoms with Crippen LogP contribution < -0.4 is 5.43 Å². The normalized spacial score (nSPS) is 41.9. The fraction of sp³-hybridized carbons (Fsp3) is 0.889. The lowest BCUT2D eigenvalue weighted by Gasteiger charge is -2.40. The minimum atomic E-state index is 0.247. The van der Waals surface area contributed by atoms with Crippen LogP contribution in [-0.4, -0.2) is 36.3 Å². The van der Waals surface area contributed by atoms with E-state index in [-0.39, 0.29) is 5.54 Å². The number of nitrogens with zero attached hydrogens (tertiary/aromatic N) is 2. The molecule has 0 aliphatic carbocycles. The van der Waals surface area contributed by atoms with Gasteiger partial charge in [0.05, 0.1) is 5.54 Å². The Bertz CT molecular complexity index is 224. The third kappa shape index (κ3) is 1.04. The van der Waals surface area contributed by atoms with Crippen molar-refractivity contribution in [1.82, 2.24) is 10.3 Å². The van der Waals surface area contributed by atoms with Gasteiger partial charge in [0, 0.05) is 24.7 Å². The zero-order chi connectivity index (χ0) is 8.77. The van der Waals surface area contributed by atoms with Crippen molar-refractivity contribution in [2.24, 2.45) is 11.0 Å². The quantitative estimate of drug-likeness (QED) is 0.574. The van der Waals surface area contributed by atoms with Gasteiger partial charge in [0.25, 0.3) is 0 Å². The van der Waals surface area contributed by atoms with Crippen LogP contribution in [0.4, 0.5) is 0 Å². The molecule has 2 aliphatic heterocycles. The van der Waals surface area contributed by atoms with Crippen molar-refractivity contribution in [3.63, 3.8) is 0 Å². The van der Waals surface area contributed by atoms with Crippen LogP contribution in [0, 0.1) is 5.92 Å². The smallest absolute Gasteiger partial charge is 0.0626 e. The molecule has 1 N–H and O–H groups in total. The molecule has 2 rings (SSSR count). The maximum Gasteiger partial charge on any atom is 0.0626 e. The molecule has 3 nitrogen and oxygen atoms in total. The highest BCUT2D eigenvalue weighted by Crippen LogP contribution is 2.31. The summed E-state index contributed by atoms with van der Waals surface area (Å²) >= 11 is 0. The van der Waals surface area contributed by atoms with Crippen LogP contribution in [0.15, 0.2) is 5.10 Å². The van der Waals surface area contributed by atoms with Crippen molar-refractivity contribution in [2.45, 2.75) is 25.8 Å². The minimum absolute atomic E-state index is 0.247. The van der Waals surface area contributed by atoms with Gasteiger partial charge in [0.1, 0.15) is 0 Å². The molecule has 0 aromatic heterocycles. The van der Waals surface area contributed by atoms with Crippen LogP contribution in [0.25, 0.3) is 0 Å². The minimum Gasteiger partial charge on any atom is -0.306 e. The second-order valence-electron chi connectivity index (χ2n) is 4.35. The Balaban J connectivity index is 2.18. The molecule has 2 atom stereocenters. The van der Waals surface area contributed by atoms with Gasteiger partial charge in [-0.15, -0.1) is 0 Å². The highest BCUT2D eigenvalue weighted by atomic mass is 15.4. The van der Waals surface area contributed by atoms with E-state index in [1.54, 1.807) is 0 Å². The van der Waals surface area contributed by atoms with E-state index in [0.717, 1.165) is 6.54 Å². The predicted octanol–water partition coefficient (Wildman–Crippen LogP) is 0.676. The SMILES string of the molecule is CC1=NNC2(C)CCN(C)CC12. The highest BCUT2D eigenvalue weighted by molar-refractivity contribution is 5.87. The summed E-state index contributed by atoms with van der Waals surface area (Å²) in [4.78, 5) is 2.39. The van der Waals surface area contributed by atoms with Crippen LogP contribution in [0.3, 0.4) is 0 Å². The van der Waals surface area contributed by atoms with Crippen LogP contribution in [0.1, 0.15) is 20.3 Å². The number of fused-ring (bicyclic) bond motifs is 1. The first kappa shape index (κ1) is 8.05. The second kappa shape index (κ2) is 2.46. The summed E-state index contributed by atoms with van der Waals surface area (Å²) in [6, 6.07) is 0. The van der Waals surface area contributed by atoms with Gasteiger partial charge in [-0.1, -0.05) is 0 Å². The van der Waals surface area contributed by atoms with Gasteiger partial charge in [-0.2, -0.15) is 5.10 Å². The Morgan fingerprint density at radius 2 is 2.42 bits per heavy atom. The first-order valence-electron chi connectivity index (χ1n) is 4.62. The second-order valence-corrected chi connectivity index (χ2v) is 4.35. The number of likely N-dealkylation sites (tertiary alicyclic amines) is 1. The molecule has 1 saturated heterocycles. The van der Waals surface area contributed by atoms with E-state index < -0.39 is 0 Å². The predicted molar refractivity (Wildman–Crippen MR) is 50.3 cm³/mol. The van der Waals surface area contributed by atoms with Gasteiger partial charge in [0.15, 0.2) is 0 Å². The lowest BCUT2D eigenvalue weighted by molar-refractivity contribution is 0.151. The van der Waals surface area contributed by atoms with Gasteiger partial charge in [0.2, 0.25) is 0 Å². The molecule has 0 aromatic rings. The van der Waals surface area contributed by atoms with Gasteiger partial charge in [-0.05, 0) is 27.3 Å². The summed E-state index contributed by atoms with van der Waals surface area (Å²) in [6.07, 6.45) is 1.20. The summed E-state index contributed by atoms with van der Waals surface area (Å²) < 4.78 is 0. The molecule has 2 aliphatic rings. The Kier molecular flexibility index (Phi) is 1.65. The molecular weight excluding hydrogens is 150 g/mol. The zero-order valence-electron chi connectivity index (χ0n) is 8.09. The van der Waals surface area contributed by atoms with Crippen LogP contribution in [-0.2, 0) is 0 Å². The topological polar surface area (TPSA) is 27.6 Å². The molecule has 1 fully saturated rings. The molecular formula is C9H17N3. The molecule has 12 heavy (non-hydrogen) atoms. The maximum atomic E-state index is 4.33. The Labute approximate surface area is 73.8 Å². The van der Waals surface area contributed by atoms with E-state index in [0.29, 0.717) is 5.92 Å². The van der Waals surface area contributed by atoms with Gasteiger partial charge >= 0.3 is 0 Å². The highest BCUT2D eigenvalue weighted by Gasteiger charge is 2.43. The third-order valence-corrected chi connectivity index (χ3v) is 3.27. The van der Waals surface area contributed by atoms with Gasteiger partial charge in [-0.3, -0.25) is 0 Å². The number of hydrazone groups is 1. The fourth-order valence-corrected chi connectivity index (χ4v) is 2.22. The molecule has 0 amide bonds. The summed E-state index contributed by atoms with van der Waals surface area (Å²) in [7, 11) is 2.19. The van der Waals surface area contributed by atoms with Crippen molar-refractivity contribution in [3.8, 4) is 0 Å².